The van der Waals surface area contributed by atoms with Crippen LogP contribution in [0.1, 0.15) is 45.2 Å². The smallest absolute Gasteiger partial charge is 0.154 e. The SMILES string of the molecule is CCc1ccccc1-c1ccc(CC[C@H](N)C(=O)C(C)(C)C)cc1. The van der Waals surface area contributed by atoms with Gasteiger partial charge in [-0.25, -0.2) is 0 Å². The van der Waals surface area contributed by atoms with Crippen molar-refractivity contribution in [1.82, 2.24) is 0 Å². The second kappa shape index (κ2) is 7.76. The first-order valence-electron chi connectivity index (χ1n) is 8.80. The quantitative estimate of drug-likeness (QED) is 0.830. The molecular formula is C22H29NO. The maximum atomic E-state index is 12.2. The van der Waals surface area contributed by atoms with E-state index in [1.807, 2.05) is 20.8 Å². The zero-order valence-corrected chi connectivity index (χ0v) is 15.3. The van der Waals surface area contributed by atoms with Crippen LogP contribution in [-0.4, -0.2) is 11.8 Å². The van der Waals surface area contributed by atoms with Gasteiger partial charge in [0.15, 0.2) is 5.78 Å². The van der Waals surface area contributed by atoms with E-state index in [4.69, 9.17) is 5.73 Å². The molecule has 0 aliphatic carbocycles. The van der Waals surface area contributed by atoms with Crippen molar-refractivity contribution in [2.24, 2.45) is 11.1 Å². The predicted molar refractivity (Wildman–Crippen MR) is 102 cm³/mol. The lowest BCUT2D eigenvalue weighted by atomic mass is 9.85. The number of hydrogen-bond acceptors (Lipinski definition) is 2. The summed E-state index contributed by atoms with van der Waals surface area (Å²) in [5, 5.41) is 0. The zero-order chi connectivity index (χ0) is 17.7. The standard InChI is InChI=1S/C22H29NO/c1-5-17-8-6-7-9-19(17)18-13-10-16(11-14-18)12-15-20(23)21(24)22(2,3)4/h6-11,13-14,20H,5,12,15,23H2,1-4H3/t20-/m0/s1. The number of aryl methyl sites for hydroxylation is 2. The van der Waals surface area contributed by atoms with Gasteiger partial charge in [0.2, 0.25) is 0 Å². The Morgan fingerprint density at radius 1 is 1.04 bits per heavy atom. The number of hydrogen-bond donors (Lipinski definition) is 1. The van der Waals surface area contributed by atoms with Crippen molar-refractivity contribution in [3.8, 4) is 11.1 Å². The number of ketones is 1. The van der Waals surface area contributed by atoms with Gasteiger partial charge in [0.1, 0.15) is 0 Å². The van der Waals surface area contributed by atoms with Crippen LogP contribution in [0, 0.1) is 5.41 Å². The molecular weight excluding hydrogens is 294 g/mol. The zero-order valence-electron chi connectivity index (χ0n) is 15.3. The lowest BCUT2D eigenvalue weighted by Crippen LogP contribution is -2.39. The van der Waals surface area contributed by atoms with Crippen LogP contribution in [0.5, 0.6) is 0 Å². The number of benzene rings is 2. The highest BCUT2D eigenvalue weighted by atomic mass is 16.1. The van der Waals surface area contributed by atoms with Gasteiger partial charge >= 0.3 is 0 Å². The molecule has 1 atom stereocenters. The first kappa shape index (κ1) is 18.4. The summed E-state index contributed by atoms with van der Waals surface area (Å²) < 4.78 is 0. The third kappa shape index (κ3) is 4.55. The Morgan fingerprint density at radius 2 is 1.67 bits per heavy atom. The van der Waals surface area contributed by atoms with Crippen LogP contribution in [0.25, 0.3) is 11.1 Å². The van der Waals surface area contributed by atoms with Gasteiger partial charge in [-0.15, -0.1) is 0 Å². The van der Waals surface area contributed by atoms with E-state index < -0.39 is 0 Å². The lowest BCUT2D eigenvalue weighted by Gasteiger charge is -2.21. The molecule has 2 aromatic rings. The number of Topliss-reactive ketones (excluding diaryl/α,β-unsaturated/α-hetero) is 1. The van der Waals surface area contributed by atoms with Crippen molar-refractivity contribution in [2.75, 3.05) is 0 Å². The number of carbonyl (C=O) groups excluding carboxylic acids is 1. The molecule has 24 heavy (non-hydrogen) atoms. The van der Waals surface area contributed by atoms with E-state index in [1.165, 1.54) is 22.3 Å². The fourth-order valence-electron chi connectivity index (χ4n) is 2.97. The summed E-state index contributed by atoms with van der Waals surface area (Å²) in [5.74, 6) is 0.135. The van der Waals surface area contributed by atoms with Gasteiger partial charge in [0.25, 0.3) is 0 Å². The molecule has 0 heterocycles. The molecule has 0 spiro atoms. The topological polar surface area (TPSA) is 43.1 Å². The highest BCUT2D eigenvalue weighted by Crippen LogP contribution is 2.25. The molecule has 0 aliphatic heterocycles. The van der Waals surface area contributed by atoms with Crippen molar-refractivity contribution in [3.63, 3.8) is 0 Å². The van der Waals surface area contributed by atoms with Crippen molar-refractivity contribution < 1.29 is 4.79 Å². The largest absolute Gasteiger partial charge is 0.321 e. The second-order valence-corrected chi connectivity index (χ2v) is 7.47. The maximum absolute atomic E-state index is 12.2. The van der Waals surface area contributed by atoms with Gasteiger partial charge in [0.05, 0.1) is 6.04 Å². The van der Waals surface area contributed by atoms with E-state index >= 15 is 0 Å². The summed E-state index contributed by atoms with van der Waals surface area (Å²) in [4.78, 5) is 12.2. The van der Waals surface area contributed by atoms with Crippen LogP contribution in [0.3, 0.4) is 0 Å². The molecule has 128 valence electrons. The average Bonchev–Trinajstić information content (AvgIpc) is 2.58. The van der Waals surface area contributed by atoms with Gasteiger partial charge in [-0.2, -0.15) is 0 Å². The fourth-order valence-corrected chi connectivity index (χ4v) is 2.97. The number of carbonyl (C=O) groups is 1. The Morgan fingerprint density at radius 3 is 2.25 bits per heavy atom. The molecule has 0 amide bonds. The third-order valence-electron chi connectivity index (χ3n) is 4.48. The molecule has 0 saturated carbocycles. The Kier molecular flexibility index (Phi) is 5.95. The summed E-state index contributed by atoms with van der Waals surface area (Å²) in [5.41, 5.74) is 10.8. The number of rotatable bonds is 6. The Bertz CT molecular complexity index is 680. The van der Waals surface area contributed by atoms with Crippen LogP contribution in [0.4, 0.5) is 0 Å². The summed E-state index contributed by atoms with van der Waals surface area (Å²) in [6.07, 6.45) is 2.56. The molecule has 0 radical (unpaired) electrons. The van der Waals surface area contributed by atoms with Crippen LogP contribution >= 0.6 is 0 Å². The second-order valence-electron chi connectivity index (χ2n) is 7.47. The first-order valence-corrected chi connectivity index (χ1v) is 8.80. The molecule has 0 aromatic heterocycles. The predicted octanol–water partition coefficient (Wildman–Crippen LogP) is 4.79. The molecule has 0 bridgehead atoms. The molecule has 2 N–H and O–H groups in total. The molecule has 0 fully saturated rings. The summed E-state index contributed by atoms with van der Waals surface area (Å²) in [7, 11) is 0. The molecule has 0 aliphatic rings. The normalized spacial score (nSPS) is 12.9. The van der Waals surface area contributed by atoms with Crippen LogP contribution in [0.2, 0.25) is 0 Å². The highest BCUT2D eigenvalue weighted by Gasteiger charge is 2.26. The Hall–Kier alpha value is -1.93. The fraction of sp³-hybridized carbons (Fsp3) is 0.409. The minimum absolute atomic E-state index is 0.135. The summed E-state index contributed by atoms with van der Waals surface area (Å²) in [6.45, 7) is 7.96. The summed E-state index contributed by atoms with van der Waals surface area (Å²) >= 11 is 0. The van der Waals surface area contributed by atoms with E-state index in [2.05, 4.69) is 55.5 Å². The summed E-state index contributed by atoms with van der Waals surface area (Å²) in [6, 6.07) is 16.8. The lowest BCUT2D eigenvalue weighted by molar-refractivity contribution is -0.127. The van der Waals surface area contributed by atoms with Crippen LogP contribution in [0.15, 0.2) is 48.5 Å². The van der Waals surface area contributed by atoms with Crippen molar-refractivity contribution >= 4 is 5.78 Å². The first-order chi connectivity index (χ1) is 11.3. The number of nitrogens with two attached hydrogens (primary N) is 1. The van der Waals surface area contributed by atoms with Crippen LogP contribution in [-0.2, 0) is 17.6 Å². The third-order valence-corrected chi connectivity index (χ3v) is 4.48. The minimum Gasteiger partial charge on any atom is -0.321 e. The van der Waals surface area contributed by atoms with Gasteiger partial charge in [0, 0.05) is 5.41 Å². The van der Waals surface area contributed by atoms with Crippen molar-refractivity contribution in [3.05, 3.63) is 59.7 Å². The molecule has 2 heteroatoms. The van der Waals surface area contributed by atoms with E-state index in [9.17, 15) is 4.79 Å². The van der Waals surface area contributed by atoms with E-state index in [1.54, 1.807) is 0 Å². The van der Waals surface area contributed by atoms with Crippen molar-refractivity contribution in [1.29, 1.82) is 0 Å². The van der Waals surface area contributed by atoms with Crippen LogP contribution < -0.4 is 5.73 Å². The van der Waals surface area contributed by atoms with E-state index in [0.29, 0.717) is 6.42 Å². The molecule has 0 unspecified atom stereocenters. The van der Waals surface area contributed by atoms with Gasteiger partial charge in [-0.05, 0) is 41.5 Å². The van der Waals surface area contributed by atoms with Gasteiger partial charge in [-0.3, -0.25) is 4.79 Å². The average molecular weight is 323 g/mol. The maximum Gasteiger partial charge on any atom is 0.154 e. The van der Waals surface area contributed by atoms with Gasteiger partial charge < -0.3 is 5.73 Å². The molecule has 0 saturated heterocycles. The van der Waals surface area contributed by atoms with E-state index in [0.717, 1.165) is 12.8 Å². The van der Waals surface area contributed by atoms with E-state index in [-0.39, 0.29) is 17.2 Å². The Labute approximate surface area is 146 Å². The Balaban J connectivity index is 2.04. The molecule has 2 nitrogen and oxygen atoms in total. The molecule has 2 aromatic carbocycles. The van der Waals surface area contributed by atoms with Gasteiger partial charge in [-0.1, -0.05) is 76.2 Å². The molecule has 2 rings (SSSR count). The monoisotopic (exact) mass is 323 g/mol. The van der Waals surface area contributed by atoms with Crippen molar-refractivity contribution in [2.45, 2.75) is 53.0 Å². The highest BCUT2D eigenvalue weighted by molar-refractivity contribution is 5.88. The minimum atomic E-state index is -0.384.